The Kier molecular flexibility index (Phi) is 6.72. The quantitative estimate of drug-likeness (QED) is 0.592. The van der Waals surface area contributed by atoms with Gasteiger partial charge in [0.25, 0.3) is 0 Å². The van der Waals surface area contributed by atoms with Crippen molar-refractivity contribution in [2.75, 3.05) is 12.3 Å². The maximum Gasteiger partial charge on any atom is 0.235 e. The third-order valence-electron chi connectivity index (χ3n) is 4.95. The van der Waals surface area contributed by atoms with Crippen LogP contribution in [0.2, 0.25) is 0 Å². The maximum absolute atomic E-state index is 12.5. The Morgan fingerprint density at radius 2 is 1.73 bits per heavy atom. The molecule has 0 saturated heterocycles. The molecule has 6 nitrogen and oxygen atoms in total. The van der Waals surface area contributed by atoms with Crippen molar-refractivity contribution in [1.29, 1.82) is 0 Å². The van der Waals surface area contributed by atoms with Crippen molar-refractivity contribution in [3.8, 4) is 11.5 Å². The van der Waals surface area contributed by atoms with Crippen molar-refractivity contribution in [3.05, 3.63) is 77.2 Å². The van der Waals surface area contributed by atoms with Crippen LogP contribution in [0.4, 0.5) is 0 Å². The number of benzene rings is 2. The summed E-state index contributed by atoms with van der Waals surface area (Å²) >= 11 is 0. The topological polar surface area (TPSA) is 89.3 Å². The fourth-order valence-electron chi connectivity index (χ4n) is 3.17. The number of rotatable bonds is 8. The summed E-state index contributed by atoms with van der Waals surface area (Å²) in [6, 6.07) is 17.4. The fourth-order valence-corrected chi connectivity index (χ4v) is 4.45. The van der Waals surface area contributed by atoms with E-state index in [1.165, 1.54) is 0 Å². The van der Waals surface area contributed by atoms with Gasteiger partial charge in [0, 0.05) is 12.1 Å². The highest BCUT2D eigenvalue weighted by molar-refractivity contribution is 7.91. The van der Waals surface area contributed by atoms with Crippen LogP contribution in [0.15, 0.2) is 59.0 Å². The van der Waals surface area contributed by atoms with Crippen LogP contribution < -0.4 is 5.32 Å². The normalized spacial score (nSPS) is 12.5. The number of nitrogens with zero attached hydrogens (tertiary/aromatic N) is 1. The van der Waals surface area contributed by atoms with Gasteiger partial charge >= 0.3 is 0 Å². The fraction of sp³-hybridized carbons (Fsp3) is 0.304. The van der Waals surface area contributed by atoms with Crippen LogP contribution in [0.5, 0.6) is 0 Å². The number of amides is 1. The van der Waals surface area contributed by atoms with Crippen molar-refractivity contribution in [3.63, 3.8) is 0 Å². The molecule has 158 valence electrons. The molecule has 0 unspecified atom stereocenters. The first-order valence-corrected chi connectivity index (χ1v) is 11.6. The molecule has 0 spiro atoms. The molecule has 1 N–H and O–H groups in total. The van der Waals surface area contributed by atoms with E-state index in [4.69, 9.17) is 4.42 Å². The molecule has 7 heteroatoms. The van der Waals surface area contributed by atoms with Crippen molar-refractivity contribution in [1.82, 2.24) is 10.3 Å². The van der Waals surface area contributed by atoms with Gasteiger partial charge in [-0.3, -0.25) is 4.79 Å². The molecule has 3 rings (SSSR count). The molecule has 1 aromatic heterocycles. The van der Waals surface area contributed by atoms with Crippen molar-refractivity contribution in [2.45, 2.75) is 32.4 Å². The molecule has 0 aliphatic heterocycles. The van der Waals surface area contributed by atoms with Gasteiger partial charge in [0.1, 0.15) is 11.5 Å². The summed E-state index contributed by atoms with van der Waals surface area (Å²) in [6.45, 7) is 5.97. The lowest BCUT2D eigenvalue weighted by Gasteiger charge is -2.13. The molecule has 0 aliphatic carbocycles. The number of hydrogen-bond acceptors (Lipinski definition) is 5. The van der Waals surface area contributed by atoms with Gasteiger partial charge in [0.05, 0.1) is 11.4 Å². The average Bonchev–Trinajstić information content (AvgIpc) is 3.06. The number of nitrogens with one attached hydrogen (secondary N) is 1. The van der Waals surface area contributed by atoms with E-state index in [0.29, 0.717) is 23.9 Å². The summed E-state index contributed by atoms with van der Waals surface area (Å²) < 4.78 is 30.8. The molecule has 0 aliphatic rings. The zero-order chi connectivity index (χ0) is 21.7. The molecule has 0 radical (unpaired) electrons. The molecule has 1 heterocycles. The van der Waals surface area contributed by atoms with Gasteiger partial charge in [-0.05, 0) is 37.0 Å². The minimum absolute atomic E-state index is 0.0901. The number of hydrogen-bond donors (Lipinski definition) is 1. The monoisotopic (exact) mass is 426 g/mol. The number of carbonyl (C=O) groups is 1. The smallest absolute Gasteiger partial charge is 0.235 e. The molecule has 3 aromatic rings. The summed E-state index contributed by atoms with van der Waals surface area (Å²) in [5.41, 5.74) is 3.22. The SMILES string of the molecule is Cc1ccccc1-c1nc(CS(=O)(=O)CC(=O)NC[C@@H](C)c2ccccc2)c(C)o1. The van der Waals surface area contributed by atoms with E-state index in [-0.39, 0.29) is 11.7 Å². The Bertz CT molecular complexity index is 1120. The van der Waals surface area contributed by atoms with Crippen LogP contribution in [0.1, 0.15) is 35.4 Å². The molecular weight excluding hydrogens is 400 g/mol. The van der Waals surface area contributed by atoms with E-state index < -0.39 is 21.5 Å². The van der Waals surface area contributed by atoms with Crippen LogP contribution in [0, 0.1) is 13.8 Å². The Balaban J connectivity index is 1.61. The molecule has 1 amide bonds. The number of aryl methyl sites for hydroxylation is 2. The summed E-state index contributed by atoms with van der Waals surface area (Å²) in [6.07, 6.45) is 0. The highest BCUT2D eigenvalue weighted by atomic mass is 32.2. The van der Waals surface area contributed by atoms with E-state index in [0.717, 1.165) is 16.7 Å². The second-order valence-corrected chi connectivity index (χ2v) is 9.55. The number of oxazole rings is 1. The minimum Gasteiger partial charge on any atom is -0.441 e. The summed E-state index contributed by atoms with van der Waals surface area (Å²) in [5, 5.41) is 2.71. The minimum atomic E-state index is -3.68. The largest absolute Gasteiger partial charge is 0.441 e. The molecule has 0 bridgehead atoms. The van der Waals surface area contributed by atoms with Gasteiger partial charge in [0.2, 0.25) is 11.8 Å². The van der Waals surface area contributed by atoms with E-state index >= 15 is 0 Å². The number of sulfone groups is 1. The lowest BCUT2D eigenvalue weighted by atomic mass is 10.0. The Morgan fingerprint density at radius 3 is 2.43 bits per heavy atom. The first kappa shape index (κ1) is 21.8. The average molecular weight is 427 g/mol. The predicted octanol–water partition coefficient (Wildman–Crippen LogP) is 3.79. The zero-order valence-electron chi connectivity index (χ0n) is 17.4. The Labute approximate surface area is 177 Å². The maximum atomic E-state index is 12.5. The Morgan fingerprint density at radius 1 is 1.07 bits per heavy atom. The van der Waals surface area contributed by atoms with E-state index in [1.807, 2.05) is 68.4 Å². The van der Waals surface area contributed by atoms with Gasteiger partial charge in [0.15, 0.2) is 9.84 Å². The molecule has 0 saturated carbocycles. The third kappa shape index (κ3) is 5.57. The highest BCUT2D eigenvalue weighted by Crippen LogP contribution is 2.25. The summed E-state index contributed by atoms with van der Waals surface area (Å²) in [5.74, 6) is -0.520. The van der Waals surface area contributed by atoms with Crippen LogP contribution in [-0.4, -0.2) is 31.6 Å². The van der Waals surface area contributed by atoms with Gasteiger partial charge in [-0.25, -0.2) is 13.4 Å². The second-order valence-electron chi connectivity index (χ2n) is 7.48. The van der Waals surface area contributed by atoms with Gasteiger partial charge in [-0.2, -0.15) is 0 Å². The number of aromatic nitrogens is 1. The lowest BCUT2D eigenvalue weighted by Crippen LogP contribution is -2.33. The third-order valence-corrected chi connectivity index (χ3v) is 6.37. The molecular formula is C23H26N2O4S. The first-order valence-electron chi connectivity index (χ1n) is 9.79. The Hall–Kier alpha value is -2.93. The van der Waals surface area contributed by atoms with Crippen LogP contribution in [0.25, 0.3) is 11.5 Å². The molecule has 2 aromatic carbocycles. The van der Waals surface area contributed by atoms with Crippen molar-refractivity contribution < 1.29 is 17.6 Å². The van der Waals surface area contributed by atoms with Crippen molar-refractivity contribution in [2.24, 2.45) is 0 Å². The number of carbonyl (C=O) groups excluding carboxylic acids is 1. The molecule has 1 atom stereocenters. The molecule has 0 fully saturated rings. The van der Waals surface area contributed by atoms with Crippen molar-refractivity contribution >= 4 is 15.7 Å². The van der Waals surface area contributed by atoms with Gasteiger partial charge in [-0.1, -0.05) is 55.5 Å². The second kappa shape index (κ2) is 9.26. The zero-order valence-corrected chi connectivity index (χ0v) is 18.2. The lowest BCUT2D eigenvalue weighted by molar-refractivity contribution is -0.118. The van der Waals surface area contributed by atoms with Crippen LogP contribution >= 0.6 is 0 Å². The highest BCUT2D eigenvalue weighted by Gasteiger charge is 2.22. The van der Waals surface area contributed by atoms with Crippen LogP contribution in [-0.2, 0) is 20.4 Å². The van der Waals surface area contributed by atoms with Crippen LogP contribution in [0.3, 0.4) is 0 Å². The standard InChI is InChI=1S/C23H26N2O4S/c1-16-9-7-8-12-20(16)23-25-21(18(3)29-23)14-30(27,28)15-22(26)24-13-17(2)19-10-5-4-6-11-19/h4-12,17H,13-15H2,1-3H3,(H,24,26)/t17-/m1/s1. The van der Waals surface area contributed by atoms with Gasteiger partial charge < -0.3 is 9.73 Å². The molecule has 30 heavy (non-hydrogen) atoms. The summed E-state index contributed by atoms with van der Waals surface area (Å²) in [7, 11) is -3.68. The van der Waals surface area contributed by atoms with E-state index in [2.05, 4.69) is 10.3 Å². The first-order chi connectivity index (χ1) is 14.2. The predicted molar refractivity (Wildman–Crippen MR) is 117 cm³/mol. The van der Waals surface area contributed by atoms with E-state index in [1.54, 1.807) is 6.92 Å². The summed E-state index contributed by atoms with van der Waals surface area (Å²) in [4.78, 5) is 16.6. The van der Waals surface area contributed by atoms with Gasteiger partial charge in [-0.15, -0.1) is 0 Å². The van der Waals surface area contributed by atoms with E-state index in [9.17, 15) is 13.2 Å².